The highest BCUT2D eigenvalue weighted by Gasteiger charge is 2.25. The van der Waals surface area contributed by atoms with Crippen LogP contribution < -0.4 is 16.0 Å². The third-order valence-electron chi connectivity index (χ3n) is 5.59. The summed E-state index contributed by atoms with van der Waals surface area (Å²) in [5, 5.41) is 17.8. The lowest BCUT2D eigenvalue weighted by Gasteiger charge is -2.29. The van der Waals surface area contributed by atoms with Crippen LogP contribution in [0.5, 0.6) is 0 Å². The average Bonchev–Trinajstić information content (AvgIpc) is 3.12. The van der Waals surface area contributed by atoms with Gasteiger partial charge in [-0.25, -0.2) is 9.97 Å². The molecule has 2 amide bonds. The Morgan fingerprint density at radius 1 is 1.12 bits per heavy atom. The van der Waals surface area contributed by atoms with E-state index in [1.54, 1.807) is 18.3 Å². The number of nitrogens with one attached hydrogen (secondary N) is 3. The van der Waals surface area contributed by atoms with E-state index in [0.717, 1.165) is 50.4 Å². The number of nitriles is 1. The van der Waals surface area contributed by atoms with Crippen LogP contribution in [0, 0.1) is 11.3 Å². The summed E-state index contributed by atoms with van der Waals surface area (Å²) in [6, 6.07) is 12.4. The summed E-state index contributed by atoms with van der Waals surface area (Å²) >= 11 is 0.878. The van der Waals surface area contributed by atoms with Gasteiger partial charge in [0, 0.05) is 18.3 Å². The maximum absolute atomic E-state index is 11.7. The monoisotopic (exact) mass is 448 g/mol. The van der Waals surface area contributed by atoms with Crippen LogP contribution in [0.15, 0.2) is 41.4 Å². The van der Waals surface area contributed by atoms with Crippen LogP contribution in [-0.2, 0) is 11.2 Å². The number of anilines is 1. The number of carbonyl (C=O) groups excluding carboxylic acids is 2. The van der Waals surface area contributed by atoms with Crippen molar-refractivity contribution in [1.29, 1.82) is 5.26 Å². The van der Waals surface area contributed by atoms with Crippen LogP contribution in [0.2, 0.25) is 0 Å². The first-order valence-corrected chi connectivity index (χ1v) is 11.5. The van der Waals surface area contributed by atoms with Crippen molar-refractivity contribution in [2.45, 2.75) is 44.2 Å². The van der Waals surface area contributed by atoms with Gasteiger partial charge in [0.1, 0.15) is 0 Å². The molecule has 3 N–H and O–H groups in total. The minimum atomic E-state index is -0.391. The molecular formula is C23H24N6O2S. The highest BCUT2D eigenvalue weighted by Crippen LogP contribution is 2.25. The summed E-state index contributed by atoms with van der Waals surface area (Å²) in [5.74, 6) is 0.143. The van der Waals surface area contributed by atoms with E-state index in [1.807, 2.05) is 24.3 Å². The van der Waals surface area contributed by atoms with E-state index in [2.05, 4.69) is 32.0 Å². The van der Waals surface area contributed by atoms with Crippen LogP contribution in [-0.4, -0.2) is 39.7 Å². The first kappa shape index (κ1) is 22.0. The lowest BCUT2D eigenvalue weighted by Crippen LogP contribution is -2.38. The highest BCUT2D eigenvalue weighted by molar-refractivity contribution is 8.18. The van der Waals surface area contributed by atoms with E-state index in [4.69, 9.17) is 5.26 Å². The van der Waals surface area contributed by atoms with Crippen molar-refractivity contribution >= 4 is 34.9 Å². The molecule has 32 heavy (non-hydrogen) atoms. The lowest BCUT2D eigenvalue weighted by molar-refractivity contribution is -0.115. The normalized spacial score (nSPS) is 21.9. The molecule has 0 unspecified atom stereocenters. The van der Waals surface area contributed by atoms with E-state index in [-0.39, 0.29) is 5.24 Å². The molecule has 1 aromatic heterocycles. The zero-order valence-electron chi connectivity index (χ0n) is 17.5. The number of rotatable bonds is 7. The fourth-order valence-corrected chi connectivity index (χ4v) is 4.54. The molecule has 9 heteroatoms. The summed E-state index contributed by atoms with van der Waals surface area (Å²) in [6.45, 7) is 0.919. The Kier molecular flexibility index (Phi) is 7.14. The quantitative estimate of drug-likeness (QED) is 0.552. The molecule has 1 aromatic carbocycles. The smallest absolute Gasteiger partial charge is 0.290 e. The summed E-state index contributed by atoms with van der Waals surface area (Å²) < 4.78 is 0. The Hall–Kier alpha value is -3.22. The number of imide groups is 1. The molecule has 2 aromatic rings. The van der Waals surface area contributed by atoms with Gasteiger partial charge in [-0.15, -0.1) is 0 Å². The van der Waals surface area contributed by atoms with Gasteiger partial charge in [-0.2, -0.15) is 5.26 Å². The van der Waals surface area contributed by atoms with Crippen LogP contribution in [0.4, 0.5) is 10.7 Å². The van der Waals surface area contributed by atoms with Crippen LogP contribution in [0.3, 0.4) is 0 Å². The van der Waals surface area contributed by atoms with Gasteiger partial charge in [-0.1, -0.05) is 12.1 Å². The SMILES string of the molecule is N#Cc1ccc(CCNC2CCC(Nc3nccc(/C=C4\SC(=O)NC4=O)n3)CC2)cc1. The second kappa shape index (κ2) is 10.4. The van der Waals surface area contributed by atoms with Crippen LogP contribution in [0.1, 0.15) is 42.5 Å². The Balaban J connectivity index is 1.22. The van der Waals surface area contributed by atoms with Gasteiger partial charge in [0.2, 0.25) is 5.95 Å². The Bertz CT molecular complexity index is 1050. The molecule has 1 aliphatic carbocycles. The average molecular weight is 449 g/mol. The molecule has 1 saturated heterocycles. The van der Waals surface area contributed by atoms with Gasteiger partial charge in [0.05, 0.1) is 22.2 Å². The van der Waals surface area contributed by atoms with Crippen molar-refractivity contribution in [3.8, 4) is 6.07 Å². The Morgan fingerprint density at radius 2 is 1.88 bits per heavy atom. The minimum absolute atomic E-state index is 0.306. The van der Waals surface area contributed by atoms with Crippen molar-refractivity contribution in [1.82, 2.24) is 20.6 Å². The second-order valence-corrected chi connectivity index (χ2v) is 8.88. The number of benzene rings is 1. The lowest BCUT2D eigenvalue weighted by atomic mass is 9.91. The van der Waals surface area contributed by atoms with Gasteiger partial charge in [0.25, 0.3) is 11.1 Å². The fourth-order valence-electron chi connectivity index (χ4n) is 3.87. The molecule has 8 nitrogen and oxygen atoms in total. The Labute approximate surface area is 190 Å². The molecule has 0 bridgehead atoms. The molecule has 1 saturated carbocycles. The predicted octanol–water partition coefficient (Wildman–Crippen LogP) is 3.23. The summed E-state index contributed by atoms with van der Waals surface area (Å²) in [4.78, 5) is 32.1. The van der Waals surface area contributed by atoms with E-state index in [0.29, 0.717) is 34.2 Å². The standard InChI is InChI=1S/C23H24N6O2S/c24-14-16-3-1-15(2-4-16)9-11-25-17-5-7-18(8-6-17)27-22-26-12-10-19(28-22)13-20-21(30)29-23(31)32-20/h1-4,10,12-13,17-18,25H,5-9,11H2,(H,26,27,28)(H,29,30,31)/b20-13-. The number of aromatic nitrogens is 2. The molecule has 0 spiro atoms. The molecule has 2 heterocycles. The van der Waals surface area contributed by atoms with E-state index < -0.39 is 5.91 Å². The van der Waals surface area contributed by atoms with Crippen molar-refractivity contribution < 1.29 is 9.59 Å². The van der Waals surface area contributed by atoms with Crippen molar-refractivity contribution in [3.05, 3.63) is 58.3 Å². The minimum Gasteiger partial charge on any atom is -0.351 e. The first-order chi connectivity index (χ1) is 15.6. The molecule has 1 aliphatic heterocycles. The zero-order chi connectivity index (χ0) is 22.3. The maximum atomic E-state index is 11.7. The van der Waals surface area contributed by atoms with Crippen molar-refractivity contribution in [3.63, 3.8) is 0 Å². The van der Waals surface area contributed by atoms with E-state index in [9.17, 15) is 9.59 Å². The maximum Gasteiger partial charge on any atom is 0.290 e. The summed E-state index contributed by atoms with van der Waals surface area (Å²) in [6.07, 6.45) is 8.40. The van der Waals surface area contributed by atoms with Gasteiger partial charge < -0.3 is 10.6 Å². The number of carbonyl (C=O) groups is 2. The number of thioether (sulfide) groups is 1. The second-order valence-electron chi connectivity index (χ2n) is 7.86. The van der Waals surface area contributed by atoms with Crippen LogP contribution >= 0.6 is 11.8 Å². The highest BCUT2D eigenvalue weighted by atomic mass is 32.2. The van der Waals surface area contributed by atoms with E-state index >= 15 is 0 Å². The number of hydrogen-bond acceptors (Lipinski definition) is 8. The summed E-state index contributed by atoms with van der Waals surface area (Å²) in [5.41, 5.74) is 2.52. The molecule has 2 fully saturated rings. The fraction of sp³-hybridized carbons (Fsp3) is 0.348. The van der Waals surface area contributed by atoms with Gasteiger partial charge >= 0.3 is 0 Å². The van der Waals surface area contributed by atoms with Crippen molar-refractivity contribution in [2.75, 3.05) is 11.9 Å². The topological polar surface area (TPSA) is 120 Å². The number of amides is 2. The third-order valence-corrected chi connectivity index (χ3v) is 6.40. The molecule has 4 rings (SSSR count). The Morgan fingerprint density at radius 3 is 2.56 bits per heavy atom. The zero-order valence-corrected chi connectivity index (χ0v) is 18.3. The molecule has 0 radical (unpaired) electrons. The molecular weight excluding hydrogens is 424 g/mol. The third kappa shape index (κ3) is 5.93. The first-order valence-electron chi connectivity index (χ1n) is 10.7. The predicted molar refractivity (Wildman–Crippen MR) is 124 cm³/mol. The van der Waals surface area contributed by atoms with Gasteiger partial charge in [0.15, 0.2) is 0 Å². The van der Waals surface area contributed by atoms with E-state index in [1.165, 1.54) is 5.56 Å². The van der Waals surface area contributed by atoms with Gasteiger partial charge in [-0.05, 0) is 80.2 Å². The van der Waals surface area contributed by atoms with Crippen molar-refractivity contribution in [2.24, 2.45) is 0 Å². The molecule has 2 aliphatic rings. The molecule has 164 valence electrons. The molecule has 0 atom stereocenters. The number of nitrogens with zero attached hydrogens (tertiary/aromatic N) is 3. The van der Waals surface area contributed by atoms with Gasteiger partial charge in [-0.3, -0.25) is 14.9 Å². The number of hydrogen-bond donors (Lipinski definition) is 3. The largest absolute Gasteiger partial charge is 0.351 e. The van der Waals surface area contributed by atoms with Crippen LogP contribution in [0.25, 0.3) is 6.08 Å². The summed E-state index contributed by atoms with van der Waals surface area (Å²) in [7, 11) is 0.